The molecule has 0 unspecified atom stereocenters. The van der Waals surface area contributed by atoms with Gasteiger partial charge >= 0.3 is 5.97 Å². The average molecular weight is 308 g/mol. The van der Waals surface area contributed by atoms with Gasteiger partial charge in [0, 0.05) is 24.4 Å². The number of amides is 1. The van der Waals surface area contributed by atoms with Crippen LogP contribution >= 0.6 is 22.7 Å². The van der Waals surface area contributed by atoms with Crippen molar-refractivity contribution < 1.29 is 14.7 Å². The number of hydrogen-bond acceptors (Lipinski definition) is 5. The molecule has 0 fully saturated rings. The molecule has 0 saturated carbocycles. The molecule has 104 valence electrons. The van der Waals surface area contributed by atoms with Crippen molar-refractivity contribution in [1.29, 1.82) is 0 Å². The molecule has 0 aliphatic rings. The summed E-state index contributed by atoms with van der Waals surface area (Å²) in [7, 11) is 0. The Morgan fingerprint density at radius 1 is 1.45 bits per heavy atom. The summed E-state index contributed by atoms with van der Waals surface area (Å²) in [6, 6.07) is 1.72. The normalized spacial score (nSPS) is 10.8. The molecule has 20 heavy (non-hydrogen) atoms. The summed E-state index contributed by atoms with van der Waals surface area (Å²) in [5.74, 6) is -1.23. The molecule has 1 amide bonds. The minimum Gasteiger partial charge on any atom is -0.478 e. The van der Waals surface area contributed by atoms with Crippen molar-refractivity contribution in [2.24, 2.45) is 0 Å². The summed E-state index contributed by atoms with van der Waals surface area (Å²) in [6.07, 6.45) is 3.13. The second-order valence-electron chi connectivity index (χ2n) is 3.86. The van der Waals surface area contributed by atoms with Crippen LogP contribution in [0.2, 0.25) is 0 Å². The highest BCUT2D eigenvalue weighted by atomic mass is 32.1. The molecule has 0 aliphatic heterocycles. The monoisotopic (exact) mass is 308 g/mol. The van der Waals surface area contributed by atoms with Crippen molar-refractivity contribution >= 4 is 40.6 Å². The van der Waals surface area contributed by atoms with Gasteiger partial charge in [0.25, 0.3) is 5.91 Å². The van der Waals surface area contributed by atoms with Crippen molar-refractivity contribution in [3.05, 3.63) is 44.5 Å². The van der Waals surface area contributed by atoms with Gasteiger partial charge in [-0.3, -0.25) is 4.79 Å². The second kappa shape index (κ2) is 6.97. The summed E-state index contributed by atoms with van der Waals surface area (Å²) < 4.78 is 0. The fourth-order valence-corrected chi connectivity index (χ4v) is 2.94. The molecule has 5 nitrogen and oxygen atoms in total. The zero-order valence-corrected chi connectivity index (χ0v) is 12.0. The number of carbonyl (C=O) groups excluding carboxylic acids is 1. The van der Waals surface area contributed by atoms with E-state index in [0.717, 1.165) is 11.8 Å². The number of nitrogens with zero attached hydrogens (tertiary/aromatic N) is 1. The van der Waals surface area contributed by atoms with Gasteiger partial charge in [-0.15, -0.1) is 22.7 Å². The predicted molar refractivity (Wildman–Crippen MR) is 79.1 cm³/mol. The Balaban J connectivity index is 1.92. The highest BCUT2D eigenvalue weighted by molar-refractivity contribution is 7.12. The zero-order valence-electron chi connectivity index (χ0n) is 10.4. The molecule has 0 bridgehead atoms. The van der Waals surface area contributed by atoms with Crippen LogP contribution in [-0.4, -0.2) is 28.5 Å². The third-order valence-corrected chi connectivity index (χ3v) is 4.02. The van der Waals surface area contributed by atoms with Crippen LogP contribution < -0.4 is 5.32 Å². The van der Waals surface area contributed by atoms with Gasteiger partial charge < -0.3 is 10.4 Å². The minimum absolute atomic E-state index is 0.194. The van der Waals surface area contributed by atoms with E-state index in [1.54, 1.807) is 17.0 Å². The fraction of sp³-hybridized carbons (Fsp3) is 0.154. The smallest absolute Gasteiger partial charge is 0.328 e. The number of rotatable bonds is 6. The molecule has 0 aromatic carbocycles. The standard InChI is InChI=1S/C13H12N2O3S2/c16-11(17)2-1-9-4-6-20-12(9)13(18)14-5-3-10-7-19-8-15-10/h1-2,4,6-8H,3,5H2,(H,14,18)(H,16,17). The van der Waals surface area contributed by atoms with E-state index in [0.29, 0.717) is 23.4 Å². The number of hydrogen-bond donors (Lipinski definition) is 2. The van der Waals surface area contributed by atoms with Crippen LogP contribution in [0, 0.1) is 0 Å². The summed E-state index contributed by atoms with van der Waals surface area (Å²) in [5.41, 5.74) is 3.32. The summed E-state index contributed by atoms with van der Waals surface area (Å²) in [4.78, 5) is 27.1. The van der Waals surface area contributed by atoms with Crippen LogP contribution in [0.5, 0.6) is 0 Å². The first kappa shape index (κ1) is 14.4. The topological polar surface area (TPSA) is 79.3 Å². The minimum atomic E-state index is -1.04. The largest absolute Gasteiger partial charge is 0.478 e. The molecule has 2 rings (SSSR count). The maximum Gasteiger partial charge on any atom is 0.328 e. The molecule has 7 heteroatoms. The van der Waals surface area contributed by atoms with Crippen molar-refractivity contribution in [2.45, 2.75) is 6.42 Å². The Labute approximate surface area is 123 Å². The predicted octanol–water partition coefficient (Wildman–Crippen LogP) is 2.27. The van der Waals surface area contributed by atoms with Gasteiger partial charge in [0.05, 0.1) is 16.1 Å². The van der Waals surface area contributed by atoms with Gasteiger partial charge in [-0.2, -0.15) is 0 Å². The third-order valence-electron chi connectivity index (χ3n) is 2.46. The van der Waals surface area contributed by atoms with E-state index < -0.39 is 5.97 Å². The average Bonchev–Trinajstić information content (AvgIpc) is 3.07. The lowest BCUT2D eigenvalue weighted by molar-refractivity contribution is -0.131. The summed E-state index contributed by atoms with van der Waals surface area (Å²) in [6.45, 7) is 0.503. The first-order chi connectivity index (χ1) is 9.66. The molecule has 0 atom stereocenters. The molecule has 0 aliphatic carbocycles. The van der Waals surface area contributed by atoms with Gasteiger partial charge in [0.1, 0.15) is 0 Å². The third kappa shape index (κ3) is 4.01. The van der Waals surface area contributed by atoms with E-state index >= 15 is 0 Å². The highest BCUT2D eigenvalue weighted by Gasteiger charge is 2.11. The quantitative estimate of drug-likeness (QED) is 0.802. The second-order valence-corrected chi connectivity index (χ2v) is 5.50. The first-order valence-corrected chi connectivity index (χ1v) is 7.63. The Morgan fingerprint density at radius 2 is 2.30 bits per heavy atom. The molecular weight excluding hydrogens is 296 g/mol. The number of carboxylic acid groups (broad SMARTS) is 1. The molecule has 2 aromatic rings. The van der Waals surface area contributed by atoms with E-state index in [-0.39, 0.29) is 5.91 Å². The van der Waals surface area contributed by atoms with Crippen molar-refractivity contribution in [3.63, 3.8) is 0 Å². The van der Waals surface area contributed by atoms with Crippen LogP contribution in [0.1, 0.15) is 20.9 Å². The van der Waals surface area contributed by atoms with Crippen LogP contribution in [0.25, 0.3) is 6.08 Å². The van der Waals surface area contributed by atoms with Gasteiger partial charge in [-0.1, -0.05) is 0 Å². The lowest BCUT2D eigenvalue weighted by Gasteiger charge is -2.03. The molecule has 2 heterocycles. The molecule has 2 aromatic heterocycles. The number of nitrogens with one attached hydrogen (secondary N) is 1. The first-order valence-electron chi connectivity index (χ1n) is 5.80. The van der Waals surface area contributed by atoms with Crippen molar-refractivity contribution in [3.8, 4) is 0 Å². The number of carboxylic acids is 1. The Kier molecular flexibility index (Phi) is 5.03. The van der Waals surface area contributed by atoms with Crippen LogP contribution in [0.4, 0.5) is 0 Å². The lowest BCUT2D eigenvalue weighted by Crippen LogP contribution is -2.25. The summed E-state index contributed by atoms with van der Waals surface area (Å²) >= 11 is 2.81. The van der Waals surface area contributed by atoms with Crippen molar-refractivity contribution in [1.82, 2.24) is 10.3 Å². The Hall–Kier alpha value is -1.99. The molecular formula is C13H12N2O3S2. The summed E-state index contributed by atoms with van der Waals surface area (Å²) in [5, 5.41) is 15.1. The number of aliphatic carboxylic acids is 1. The fourth-order valence-electron chi connectivity index (χ4n) is 1.54. The van der Waals surface area contributed by atoms with Crippen LogP contribution in [-0.2, 0) is 11.2 Å². The van der Waals surface area contributed by atoms with Gasteiger partial charge in [0.15, 0.2) is 0 Å². The molecule has 2 N–H and O–H groups in total. The Morgan fingerprint density at radius 3 is 3.00 bits per heavy atom. The van der Waals surface area contributed by atoms with Crippen LogP contribution in [0.15, 0.2) is 28.4 Å². The van der Waals surface area contributed by atoms with Gasteiger partial charge in [0.2, 0.25) is 0 Å². The maximum absolute atomic E-state index is 12.0. The number of thiazole rings is 1. The van der Waals surface area contributed by atoms with E-state index in [1.807, 2.05) is 5.38 Å². The van der Waals surface area contributed by atoms with Crippen molar-refractivity contribution in [2.75, 3.05) is 6.54 Å². The van der Waals surface area contributed by atoms with E-state index in [1.165, 1.54) is 28.7 Å². The van der Waals surface area contributed by atoms with E-state index in [4.69, 9.17) is 5.11 Å². The highest BCUT2D eigenvalue weighted by Crippen LogP contribution is 2.18. The maximum atomic E-state index is 12.0. The van der Waals surface area contributed by atoms with E-state index in [9.17, 15) is 9.59 Å². The Bertz CT molecular complexity index is 617. The van der Waals surface area contributed by atoms with Gasteiger partial charge in [-0.25, -0.2) is 9.78 Å². The number of thiophene rings is 1. The lowest BCUT2D eigenvalue weighted by atomic mass is 10.2. The van der Waals surface area contributed by atoms with E-state index in [2.05, 4.69) is 10.3 Å². The van der Waals surface area contributed by atoms with Gasteiger partial charge in [-0.05, 0) is 23.1 Å². The number of aromatic nitrogens is 1. The molecule has 0 spiro atoms. The number of carbonyl (C=O) groups is 2. The molecule has 0 radical (unpaired) electrons. The zero-order chi connectivity index (χ0) is 14.4. The SMILES string of the molecule is O=C(O)C=Cc1ccsc1C(=O)NCCc1cscn1. The van der Waals surface area contributed by atoms with Crippen LogP contribution in [0.3, 0.4) is 0 Å². The molecule has 0 saturated heterocycles.